The summed E-state index contributed by atoms with van der Waals surface area (Å²) in [5, 5.41) is 7.83. The molecule has 4 nitrogen and oxygen atoms in total. The van der Waals surface area contributed by atoms with Crippen LogP contribution in [0.15, 0.2) is 36.4 Å². The molecular weight excluding hydrogens is 317 g/mol. The Morgan fingerprint density at radius 3 is 2.69 bits per heavy atom. The van der Waals surface area contributed by atoms with Crippen molar-refractivity contribution in [2.24, 2.45) is 5.73 Å². The predicted octanol–water partition coefficient (Wildman–Crippen LogP) is 2.33. The van der Waals surface area contributed by atoms with Crippen molar-refractivity contribution < 1.29 is 4.74 Å². The number of benzene rings is 1. The van der Waals surface area contributed by atoms with Gasteiger partial charge in [0.05, 0.1) is 5.69 Å². The van der Waals surface area contributed by atoms with Crippen molar-refractivity contribution in [2.45, 2.75) is 6.54 Å². The van der Waals surface area contributed by atoms with Crippen LogP contribution in [0, 0.1) is 3.57 Å². The van der Waals surface area contributed by atoms with Crippen LogP contribution >= 0.6 is 22.6 Å². The van der Waals surface area contributed by atoms with E-state index in [1.54, 1.807) is 12.1 Å². The van der Waals surface area contributed by atoms with Gasteiger partial charge in [-0.05, 0) is 46.9 Å². The van der Waals surface area contributed by atoms with Crippen molar-refractivity contribution in [2.75, 3.05) is 0 Å². The van der Waals surface area contributed by atoms with Gasteiger partial charge in [0.25, 0.3) is 0 Å². The highest BCUT2D eigenvalue weighted by Crippen LogP contribution is 2.20. The van der Waals surface area contributed by atoms with Crippen LogP contribution in [0.25, 0.3) is 0 Å². The first-order valence-corrected chi connectivity index (χ1v) is 5.82. The van der Waals surface area contributed by atoms with Gasteiger partial charge < -0.3 is 10.5 Å². The first-order valence-electron chi connectivity index (χ1n) is 4.74. The number of ether oxygens (including phenoxy) is 1. The summed E-state index contributed by atoms with van der Waals surface area (Å²) in [4.78, 5) is 0. The highest BCUT2D eigenvalue weighted by atomic mass is 127. The van der Waals surface area contributed by atoms with Crippen molar-refractivity contribution in [1.29, 1.82) is 0 Å². The first-order chi connectivity index (χ1) is 7.78. The zero-order chi connectivity index (χ0) is 11.4. The average Bonchev–Trinajstić information content (AvgIpc) is 2.30. The van der Waals surface area contributed by atoms with Crippen molar-refractivity contribution in [3.05, 3.63) is 45.7 Å². The minimum atomic E-state index is 0.385. The molecular formula is C11H10IN3O. The molecule has 0 aliphatic heterocycles. The van der Waals surface area contributed by atoms with Crippen molar-refractivity contribution in [1.82, 2.24) is 10.2 Å². The van der Waals surface area contributed by atoms with Gasteiger partial charge in [0.15, 0.2) is 0 Å². The van der Waals surface area contributed by atoms with Crippen LogP contribution < -0.4 is 10.5 Å². The third-order valence-electron chi connectivity index (χ3n) is 1.92. The van der Waals surface area contributed by atoms with Crippen LogP contribution in [0.3, 0.4) is 0 Å². The molecule has 2 N–H and O–H groups in total. The SMILES string of the molecule is NCc1ccc(Oc2cccc(I)c2)nn1. The molecule has 2 rings (SSSR count). The second-order valence-electron chi connectivity index (χ2n) is 3.13. The number of nitrogens with zero attached hydrogens (tertiary/aromatic N) is 2. The summed E-state index contributed by atoms with van der Waals surface area (Å²) >= 11 is 2.23. The molecule has 0 saturated heterocycles. The molecule has 0 atom stereocenters. The van der Waals surface area contributed by atoms with Gasteiger partial charge in [-0.25, -0.2) is 0 Å². The lowest BCUT2D eigenvalue weighted by atomic mass is 10.3. The summed E-state index contributed by atoms with van der Waals surface area (Å²) < 4.78 is 6.65. The molecule has 0 aliphatic carbocycles. The van der Waals surface area contributed by atoms with Crippen LogP contribution in [0.5, 0.6) is 11.6 Å². The molecule has 82 valence electrons. The summed E-state index contributed by atoms with van der Waals surface area (Å²) in [5.74, 6) is 1.22. The predicted molar refractivity (Wildman–Crippen MR) is 69.2 cm³/mol. The van der Waals surface area contributed by atoms with E-state index in [-0.39, 0.29) is 0 Å². The Hall–Kier alpha value is -1.21. The molecule has 1 aromatic heterocycles. The smallest absolute Gasteiger partial charge is 0.238 e. The third-order valence-corrected chi connectivity index (χ3v) is 2.59. The fourth-order valence-corrected chi connectivity index (χ4v) is 1.68. The first kappa shape index (κ1) is 11.3. The Labute approximate surface area is 107 Å². The quantitative estimate of drug-likeness (QED) is 0.879. The highest BCUT2D eigenvalue weighted by molar-refractivity contribution is 14.1. The largest absolute Gasteiger partial charge is 0.437 e. The number of hydrogen-bond acceptors (Lipinski definition) is 4. The van der Waals surface area contributed by atoms with Gasteiger partial charge in [0.1, 0.15) is 5.75 Å². The van der Waals surface area contributed by atoms with E-state index in [2.05, 4.69) is 32.8 Å². The zero-order valence-electron chi connectivity index (χ0n) is 8.43. The molecule has 0 spiro atoms. The second kappa shape index (κ2) is 5.22. The van der Waals surface area contributed by atoms with Crippen LogP contribution in [0.1, 0.15) is 5.69 Å². The molecule has 2 aromatic rings. The molecule has 0 fully saturated rings. The second-order valence-corrected chi connectivity index (χ2v) is 4.37. The minimum absolute atomic E-state index is 0.385. The number of nitrogens with two attached hydrogens (primary N) is 1. The molecule has 16 heavy (non-hydrogen) atoms. The third kappa shape index (κ3) is 2.89. The Bertz CT molecular complexity index is 473. The highest BCUT2D eigenvalue weighted by Gasteiger charge is 2.00. The number of hydrogen-bond donors (Lipinski definition) is 1. The molecule has 5 heteroatoms. The van der Waals surface area contributed by atoms with E-state index in [9.17, 15) is 0 Å². The molecule has 1 aromatic carbocycles. The van der Waals surface area contributed by atoms with Gasteiger partial charge in [0, 0.05) is 16.2 Å². The maximum absolute atomic E-state index is 5.54. The molecule has 0 radical (unpaired) electrons. The van der Waals surface area contributed by atoms with E-state index >= 15 is 0 Å². The summed E-state index contributed by atoms with van der Waals surface area (Å²) in [6.45, 7) is 0.385. The Morgan fingerprint density at radius 2 is 2.06 bits per heavy atom. The van der Waals surface area contributed by atoms with Gasteiger partial charge in [0.2, 0.25) is 5.88 Å². The monoisotopic (exact) mass is 327 g/mol. The Kier molecular flexibility index (Phi) is 3.68. The number of rotatable bonds is 3. The summed E-state index contributed by atoms with van der Waals surface area (Å²) in [6, 6.07) is 11.3. The van der Waals surface area contributed by atoms with E-state index in [4.69, 9.17) is 10.5 Å². The van der Waals surface area contributed by atoms with Gasteiger partial charge in [-0.3, -0.25) is 0 Å². The normalized spacial score (nSPS) is 10.1. The van der Waals surface area contributed by atoms with E-state index in [0.717, 1.165) is 15.0 Å². The lowest BCUT2D eigenvalue weighted by Crippen LogP contribution is -2.01. The lowest BCUT2D eigenvalue weighted by Gasteiger charge is -2.04. The van der Waals surface area contributed by atoms with Gasteiger partial charge in [-0.15, -0.1) is 5.10 Å². The van der Waals surface area contributed by atoms with Crippen LogP contribution in [0.4, 0.5) is 0 Å². The summed E-state index contributed by atoms with van der Waals surface area (Å²) in [6.07, 6.45) is 0. The maximum atomic E-state index is 5.54. The van der Waals surface area contributed by atoms with Crippen molar-refractivity contribution in [3.8, 4) is 11.6 Å². The van der Waals surface area contributed by atoms with Crippen LogP contribution in [-0.2, 0) is 6.54 Å². The zero-order valence-corrected chi connectivity index (χ0v) is 10.6. The standard InChI is InChI=1S/C11H10IN3O/c12-8-2-1-3-10(6-8)16-11-5-4-9(7-13)14-15-11/h1-6H,7,13H2. The fourth-order valence-electron chi connectivity index (χ4n) is 1.16. The molecule has 0 bridgehead atoms. The summed E-state index contributed by atoms with van der Waals surface area (Å²) in [7, 11) is 0. The lowest BCUT2D eigenvalue weighted by molar-refractivity contribution is 0.453. The topological polar surface area (TPSA) is 61.0 Å². The van der Waals surface area contributed by atoms with Crippen molar-refractivity contribution in [3.63, 3.8) is 0 Å². The molecule has 0 amide bonds. The van der Waals surface area contributed by atoms with Crippen molar-refractivity contribution >= 4 is 22.6 Å². The van der Waals surface area contributed by atoms with Gasteiger partial charge >= 0.3 is 0 Å². The molecule has 0 unspecified atom stereocenters. The average molecular weight is 327 g/mol. The Morgan fingerprint density at radius 1 is 1.19 bits per heavy atom. The van der Waals surface area contributed by atoms with E-state index < -0.39 is 0 Å². The van der Waals surface area contributed by atoms with E-state index in [0.29, 0.717) is 12.4 Å². The fraction of sp³-hybridized carbons (Fsp3) is 0.0909. The van der Waals surface area contributed by atoms with Crippen LogP contribution in [-0.4, -0.2) is 10.2 Å². The molecule has 0 aliphatic rings. The summed E-state index contributed by atoms with van der Waals surface area (Å²) in [5.41, 5.74) is 6.17. The maximum Gasteiger partial charge on any atom is 0.238 e. The van der Waals surface area contributed by atoms with E-state index in [1.807, 2.05) is 24.3 Å². The van der Waals surface area contributed by atoms with E-state index in [1.165, 1.54) is 0 Å². The minimum Gasteiger partial charge on any atom is -0.437 e. The number of halogens is 1. The van der Waals surface area contributed by atoms with Gasteiger partial charge in [-0.1, -0.05) is 6.07 Å². The number of aromatic nitrogens is 2. The van der Waals surface area contributed by atoms with Crippen LogP contribution in [0.2, 0.25) is 0 Å². The molecule has 1 heterocycles. The molecule has 0 saturated carbocycles. The Balaban J connectivity index is 2.14. The van der Waals surface area contributed by atoms with Gasteiger partial charge in [-0.2, -0.15) is 5.10 Å².